The average Bonchev–Trinajstić information content (AvgIpc) is 2.65. The highest BCUT2D eigenvalue weighted by molar-refractivity contribution is 7.11. The molecule has 1 aromatic rings. The van der Waals surface area contributed by atoms with Crippen LogP contribution in [0.4, 0.5) is 10.8 Å². The van der Waals surface area contributed by atoms with Gasteiger partial charge < -0.3 is 25.6 Å². The second-order valence-electron chi connectivity index (χ2n) is 4.02. The van der Waals surface area contributed by atoms with Crippen molar-refractivity contribution in [3.05, 3.63) is 0 Å². The van der Waals surface area contributed by atoms with Gasteiger partial charge in [-0.3, -0.25) is 0 Å². The maximum atomic E-state index is 10.0. The third-order valence-corrected chi connectivity index (χ3v) is 3.15. The van der Waals surface area contributed by atoms with E-state index >= 15 is 0 Å². The number of rotatable bonds is 7. The number of nitrogens with zero attached hydrogens (tertiary/aromatic N) is 1. The number of ether oxygens (including phenoxy) is 2. The molecule has 0 bridgehead atoms. The Labute approximate surface area is 105 Å². The van der Waals surface area contributed by atoms with Crippen molar-refractivity contribution in [1.29, 1.82) is 0 Å². The first-order chi connectivity index (χ1) is 8.00. The SMILES string of the molecule is COCCC(C)(O)CNc1snc(N)c1OC. The molecule has 1 aromatic heterocycles. The third-order valence-electron chi connectivity index (χ3n) is 2.35. The summed E-state index contributed by atoms with van der Waals surface area (Å²) in [6.07, 6.45) is 0.549. The van der Waals surface area contributed by atoms with Crippen LogP contribution in [-0.4, -0.2) is 42.5 Å². The van der Waals surface area contributed by atoms with Gasteiger partial charge in [0, 0.05) is 26.7 Å². The topological polar surface area (TPSA) is 89.6 Å². The van der Waals surface area contributed by atoms with E-state index in [4.69, 9.17) is 15.2 Å². The molecule has 0 spiro atoms. The Morgan fingerprint density at radius 2 is 2.24 bits per heavy atom. The number of hydrogen-bond donors (Lipinski definition) is 3. The van der Waals surface area contributed by atoms with Gasteiger partial charge in [-0.25, -0.2) is 0 Å². The molecule has 0 aliphatic heterocycles. The van der Waals surface area contributed by atoms with Crippen LogP contribution in [0.25, 0.3) is 0 Å². The van der Waals surface area contributed by atoms with Gasteiger partial charge in [-0.15, -0.1) is 0 Å². The number of nitrogen functional groups attached to an aromatic ring is 1. The van der Waals surface area contributed by atoms with E-state index in [1.54, 1.807) is 14.0 Å². The number of hydrogen-bond acceptors (Lipinski definition) is 7. The van der Waals surface area contributed by atoms with E-state index in [9.17, 15) is 5.11 Å². The third kappa shape index (κ3) is 4.03. The predicted octanol–water partition coefficient (Wildman–Crippen LogP) is 0.933. The van der Waals surface area contributed by atoms with Crippen molar-refractivity contribution in [2.75, 3.05) is 38.4 Å². The van der Waals surface area contributed by atoms with Crippen molar-refractivity contribution >= 4 is 22.4 Å². The van der Waals surface area contributed by atoms with E-state index in [-0.39, 0.29) is 0 Å². The van der Waals surface area contributed by atoms with Crippen LogP contribution in [0, 0.1) is 0 Å². The van der Waals surface area contributed by atoms with Crippen molar-refractivity contribution in [3.63, 3.8) is 0 Å². The molecular formula is C10H19N3O3S. The van der Waals surface area contributed by atoms with E-state index < -0.39 is 5.60 Å². The van der Waals surface area contributed by atoms with Crippen LogP contribution in [-0.2, 0) is 4.74 Å². The van der Waals surface area contributed by atoms with Crippen molar-refractivity contribution in [1.82, 2.24) is 4.37 Å². The monoisotopic (exact) mass is 261 g/mol. The fraction of sp³-hybridized carbons (Fsp3) is 0.700. The fourth-order valence-electron chi connectivity index (χ4n) is 1.28. The summed E-state index contributed by atoms with van der Waals surface area (Å²) in [6, 6.07) is 0. The molecule has 6 nitrogen and oxygen atoms in total. The minimum atomic E-state index is -0.847. The molecule has 7 heteroatoms. The lowest BCUT2D eigenvalue weighted by Gasteiger charge is -2.23. The molecule has 0 aliphatic carbocycles. The summed E-state index contributed by atoms with van der Waals surface area (Å²) in [4.78, 5) is 0. The summed E-state index contributed by atoms with van der Waals surface area (Å²) in [5, 5.41) is 13.9. The Morgan fingerprint density at radius 3 is 2.82 bits per heavy atom. The van der Waals surface area contributed by atoms with E-state index in [0.717, 1.165) is 5.00 Å². The Balaban J connectivity index is 2.54. The zero-order valence-corrected chi connectivity index (χ0v) is 11.1. The standard InChI is InChI=1S/C10H19N3O3S/c1-10(14,4-5-15-2)6-12-9-7(16-3)8(11)13-17-9/h12,14H,4-6H2,1-3H3,(H2,11,13). The molecular weight excluding hydrogens is 242 g/mol. The molecule has 1 unspecified atom stereocenters. The van der Waals surface area contributed by atoms with Gasteiger partial charge in [0.15, 0.2) is 16.6 Å². The lowest BCUT2D eigenvalue weighted by Crippen LogP contribution is -2.34. The largest absolute Gasteiger partial charge is 0.490 e. The lowest BCUT2D eigenvalue weighted by molar-refractivity contribution is 0.0358. The molecule has 98 valence electrons. The average molecular weight is 261 g/mol. The van der Waals surface area contributed by atoms with Crippen LogP contribution >= 0.6 is 11.5 Å². The maximum Gasteiger partial charge on any atom is 0.197 e. The van der Waals surface area contributed by atoms with E-state index in [1.807, 2.05) is 0 Å². The molecule has 17 heavy (non-hydrogen) atoms. The van der Waals surface area contributed by atoms with Gasteiger partial charge in [0.25, 0.3) is 0 Å². The van der Waals surface area contributed by atoms with Crippen LogP contribution in [0.5, 0.6) is 5.75 Å². The van der Waals surface area contributed by atoms with E-state index in [0.29, 0.717) is 31.1 Å². The molecule has 1 rings (SSSR count). The summed E-state index contributed by atoms with van der Waals surface area (Å²) in [5.41, 5.74) is 4.78. The van der Waals surface area contributed by atoms with Crippen LogP contribution < -0.4 is 15.8 Å². The quantitative estimate of drug-likeness (QED) is 0.676. The summed E-state index contributed by atoms with van der Waals surface area (Å²) >= 11 is 1.21. The van der Waals surface area contributed by atoms with Gasteiger partial charge in [0.1, 0.15) is 0 Å². The summed E-state index contributed by atoms with van der Waals surface area (Å²) in [5.74, 6) is 0.883. The Kier molecular flexibility index (Phi) is 4.98. The summed E-state index contributed by atoms with van der Waals surface area (Å²) < 4.78 is 14.0. The van der Waals surface area contributed by atoms with Gasteiger partial charge in [-0.2, -0.15) is 4.37 Å². The Bertz CT molecular complexity index is 355. The number of nitrogens with two attached hydrogens (primary N) is 1. The molecule has 1 heterocycles. The highest BCUT2D eigenvalue weighted by Crippen LogP contribution is 2.34. The number of anilines is 2. The number of methoxy groups -OCH3 is 2. The molecule has 0 aliphatic rings. The molecule has 0 fully saturated rings. The molecule has 0 saturated carbocycles. The Morgan fingerprint density at radius 1 is 1.53 bits per heavy atom. The van der Waals surface area contributed by atoms with Gasteiger partial charge in [0.05, 0.1) is 12.7 Å². The predicted molar refractivity (Wildman–Crippen MR) is 68.7 cm³/mol. The lowest BCUT2D eigenvalue weighted by atomic mass is 10.0. The minimum Gasteiger partial charge on any atom is -0.490 e. The summed E-state index contributed by atoms with van der Waals surface area (Å²) in [7, 11) is 3.14. The highest BCUT2D eigenvalue weighted by atomic mass is 32.1. The Hall–Kier alpha value is -1.05. The number of aliphatic hydroxyl groups is 1. The number of nitrogens with one attached hydrogen (secondary N) is 1. The second-order valence-corrected chi connectivity index (χ2v) is 4.80. The molecule has 1 atom stereocenters. The molecule has 0 aromatic carbocycles. The maximum absolute atomic E-state index is 10.0. The van der Waals surface area contributed by atoms with Gasteiger partial charge in [-0.05, 0) is 18.5 Å². The second kappa shape index (κ2) is 6.04. The fourth-order valence-corrected chi connectivity index (χ4v) is 1.96. The van der Waals surface area contributed by atoms with Gasteiger partial charge in [-0.1, -0.05) is 0 Å². The van der Waals surface area contributed by atoms with Crippen molar-refractivity contribution in [2.45, 2.75) is 18.9 Å². The molecule has 0 amide bonds. The number of aromatic nitrogens is 1. The highest BCUT2D eigenvalue weighted by Gasteiger charge is 2.21. The van der Waals surface area contributed by atoms with Gasteiger partial charge >= 0.3 is 0 Å². The van der Waals surface area contributed by atoms with Crippen LogP contribution in [0.3, 0.4) is 0 Å². The first-order valence-corrected chi connectivity index (χ1v) is 6.02. The van der Waals surface area contributed by atoms with Crippen molar-refractivity contribution in [2.24, 2.45) is 0 Å². The minimum absolute atomic E-state index is 0.358. The molecule has 0 radical (unpaired) electrons. The normalized spacial score (nSPS) is 14.4. The van der Waals surface area contributed by atoms with Crippen LogP contribution in [0.2, 0.25) is 0 Å². The van der Waals surface area contributed by atoms with Crippen molar-refractivity contribution < 1.29 is 14.6 Å². The van der Waals surface area contributed by atoms with Crippen LogP contribution in [0.15, 0.2) is 0 Å². The summed E-state index contributed by atoms with van der Waals surface area (Å²) in [6.45, 7) is 2.64. The van der Waals surface area contributed by atoms with Crippen molar-refractivity contribution in [3.8, 4) is 5.75 Å². The molecule has 0 saturated heterocycles. The van der Waals surface area contributed by atoms with Gasteiger partial charge in [0.2, 0.25) is 0 Å². The zero-order valence-electron chi connectivity index (χ0n) is 10.3. The molecule has 4 N–H and O–H groups in total. The van der Waals surface area contributed by atoms with Crippen LogP contribution in [0.1, 0.15) is 13.3 Å². The first kappa shape index (κ1) is 14.0. The van der Waals surface area contributed by atoms with E-state index in [1.165, 1.54) is 18.6 Å². The zero-order chi connectivity index (χ0) is 12.9. The van der Waals surface area contributed by atoms with E-state index in [2.05, 4.69) is 9.69 Å². The smallest absolute Gasteiger partial charge is 0.197 e. The first-order valence-electron chi connectivity index (χ1n) is 5.24.